The summed E-state index contributed by atoms with van der Waals surface area (Å²) in [5.41, 5.74) is 3.05. The van der Waals surface area contributed by atoms with Gasteiger partial charge in [0.05, 0.1) is 6.10 Å². The minimum absolute atomic E-state index is 0.503. The van der Waals surface area contributed by atoms with Gasteiger partial charge in [-0.1, -0.05) is 24.3 Å². The van der Waals surface area contributed by atoms with Gasteiger partial charge in [0, 0.05) is 12.6 Å². The molecule has 1 aliphatic carbocycles. The lowest BCUT2D eigenvalue weighted by Crippen LogP contribution is -2.27. The van der Waals surface area contributed by atoms with Crippen molar-refractivity contribution < 1.29 is 4.74 Å². The maximum atomic E-state index is 5.77. The van der Waals surface area contributed by atoms with Crippen molar-refractivity contribution in [1.82, 2.24) is 5.32 Å². The SMILES string of the molecule is c1ccc2c(c1)CCC2NCCC1CCCCO1. The Morgan fingerprint density at radius 3 is 3.00 bits per heavy atom. The number of hydrogen-bond donors (Lipinski definition) is 1. The second-order valence-corrected chi connectivity index (χ2v) is 5.52. The summed E-state index contributed by atoms with van der Waals surface area (Å²) in [6, 6.07) is 9.42. The monoisotopic (exact) mass is 245 g/mol. The average molecular weight is 245 g/mol. The lowest BCUT2D eigenvalue weighted by Gasteiger charge is -2.23. The molecule has 1 aliphatic heterocycles. The Labute approximate surface area is 110 Å². The molecule has 1 heterocycles. The van der Waals surface area contributed by atoms with Crippen molar-refractivity contribution >= 4 is 0 Å². The molecule has 0 saturated carbocycles. The number of rotatable bonds is 4. The Morgan fingerprint density at radius 1 is 1.17 bits per heavy atom. The van der Waals surface area contributed by atoms with Crippen LogP contribution >= 0.6 is 0 Å². The van der Waals surface area contributed by atoms with Crippen LogP contribution in [0.4, 0.5) is 0 Å². The first-order valence-corrected chi connectivity index (χ1v) is 7.36. The first-order chi connectivity index (χ1) is 8.93. The van der Waals surface area contributed by atoms with E-state index < -0.39 is 0 Å². The Morgan fingerprint density at radius 2 is 2.11 bits per heavy atom. The number of aryl methyl sites for hydroxylation is 1. The second kappa shape index (κ2) is 5.85. The highest BCUT2D eigenvalue weighted by atomic mass is 16.5. The number of nitrogens with one attached hydrogen (secondary N) is 1. The average Bonchev–Trinajstić information content (AvgIpc) is 2.84. The van der Waals surface area contributed by atoms with E-state index in [9.17, 15) is 0 Å². The molecule has 1 N–H and O–H groups in total. The van der Waals surface area contributed by atoms with Gasteiger partial charge in [0.1, 0.15) is 0 Å². The van der Waals surface area contributed by atoms with Crippen LogP contribution in [-0.4, -0.2) is 19.3 Å². The van der Waals surface area contributed by atoms with Crippen molar-refractivity contribution in [3.05, 3.63) is 35.4 Å². The highest BCUT2D eigenvalue weighted by molar-refractivity contribution is 5.34. The van der Waals surface area contributed by atoms with Crippen molar-refractivity contribution in [2.45, 2.75) is 50.7 Å². The summed E-state index contributed by atoms with van der Waals surface area (Å²) in [5, 5.41) is 3.71. The number of ether oxygens (including phenoxy) is 1. The zero-order valence-electron chi connectivity index (χ0n) is 11.0. The largest absolute Gasteiger partial charge is 0.378 e. The van der Waals surface area contributed by atoms with E-state index >= 15 is 0 Å². The molecule has 2 nitrogen and oxygen atoms in total. The van der Waals surface area contributed by atoms with Crippen molar-refractivity contribution in [1.29, 1.82) is 0 Å². The van der Waals surface area contributed by atoms with Crippen LogP contribution in [0.2, 0.25) is 0 Å². The summed E-state index contributed by atoms with van der Waals surface area (Å²) in [7, 11) is 0. The van der Waals surface area contributed by atoms with Crippen LogP contribution in [0.25, 0.3) is 0 Å². The standard InChI is InChI=1S/C16H23NO/c1-2-7-15-13(5-1)8-9-16(15)17-11-10-14-6-3-4-12-18-14/h1-2,5,7,14,16-17H,3-4,6,8-12H2. The van der Waals surface area contributed by atoms with E-state index in [2.05, 4.69) is 29.6 Å². The molecule has 2 atom stereocenters. The molecule has 0 aromatic heterocycles. The van der Waals surface area contributed by atoms with E-state index in [0.717, 1.165) is 13.2 Å². The first-order valence-electron chi connectivity index (χ1n) is 7.36. The van der Waals surface area contributed by atoms with Gasteiger partial charge in [-0.05, 0) is 56.2 Å². The van der Waals surface area contributed by atoms with Gasteiger partial charge in [0.15, 0.2) is 0 Å². The fraction of sp³-hybridized carbons (Fsp3) is 0.625. The smallest absolute Gasteiger partial charge is 0.0587 e. The van der Waals surface area contributed by atoms with E-state index in [1.807, 2.05) is 0 Å². The maximum absolute atomic E-state index is 5.77. The van der Waals surface area contributed by atoms with Gasteiger partial charge in [0.2, 0.25) is 0 Å². The van der Waals surface area contributed by atoms with Crippen LogP contribution in [0.15, 0.2) is 24.3 Å². The van der Waals surface area contributed by atoms with Gasteiger partial charge in [-0.15, -0.1) is 0 Å². The Balaban J connectivity index is 1.47. The molecule has 3 rings (SSSR count). The number of hydrogen-bond acceptors (Lipinski definition) is 2. The molecule has 2 unspecified atom stereocenters. The van der Waals surface area contributed by atoms with Crippen LogP contribution in [0.5, 0.6) is 0 Å². The lowest BCUT2D eigenvalue weighted by atomic mass is 10.1. The topological polar surface area (TPSA) is 21.3 Å². The molecule has 0 bridgehead atoms. The van der Waals surface area contributed by atoms with Crippen molar-refractivity contribution in [3.63, 3.8) is 0 Å². The van der Waals surface area contributed by atoms with E-state index in [0.29, 0.717) is 12.1 Å². The second-order valence-electron chi connectivity index (χ2n) is 5.52. The van der Waals surface area contributed by atoms with Gasteiger partial charge in [0.25, 0.3) is 0 Å². The fourth-order valence-corrected chi connectivity index (χ4v) is 3.22. The van der Waals surface area contributed by atoms with Gasteiger partial charge >= 0.3 is 0 Å². The Hall–Kier alpha value is -0.860. The van der Waals surface area contributed by atoms with E-state index in [1.165, 1.54) is 49.7 Å². The maximum Gasteiger partial charge on any atom is 0.0587 e. The van der Waals surface area contributed by atoms with Crippen LogP contribution in [0.3, 0.4) is 0 Å². The molecule has 0 spiro atoms. The Kier molecular flexibility index (Phi) is 3.96. The molecule has 2 aliphatic rings. The summed E-state index contributed by atoms with van der Waals surface area (Å²) in [4.78, 5) is 0. The highest BCUT2D eigenvalue weighted by Crippen LogP contribution is 2.30. The van der Waals surface area contributed by atoms with Gasteiger partial charge in [-0.25, -0.2) is 0 Å². The highest BCUT2D eigenvalue weighted by Gasteiger charge is 2.21. The van der Waals surface area contributed by atoms with Gasteiger partial charge in [-0.2, -0.15) is 0 Å². The van der Waals surface area contributed by atoms with E-state index in [-0.39, 0.29) is 0 Å². The molecular weight excluding hydrogens is 222 g/mol. The summed E-state index contributed by atoms with van der Waals surface area (Å²) in [6.45, 7) is 2.06. The van der Waals surface area contributed by atoms with Gasteiger partial charge in [-0.3, -0.25) is 0 Å². The summed E-state index contributed by atoms with van der Waals surface area (Å²) in [5.74, 6) is 0. The van der Waals surface area contributed by atoms with Crippen LogP contribution in [0, 0.1) is 0 Å². The van der Waals surface area contributed by atoms with Crippen molar-refractivity contribution in [2.75, 3.05) is 13.2 Å². The lowest BCUT2D eigenvalue weighted by molar-refractivity contribution is 0.0112. The third kappa shape index (κ3) is 2.76. The summed E-state index contributed by atoms with van der Waals surface area (Å²) in [6.07, 6.45) is 8.00. The zero-order valence-corrected chi connectivity index (χ0v) is 11.0. The molecule has 1 saturated heterocycles. The molecule has 1 aromatic rings. The van der Waals surface area contributed by atoms with E-state index in [4.69, 9.17) is 4.74 Å². The normalized spacial score (nSPS) is 27.1. The molecule has 0 amide bonds. The van der Waals surface area contributed by atoms with Crippen molar-refractivity contribution in [3.8, 4) is 0 Å². The molecule has 98 valence electrons. The quantitative estimate of drug-likeness (QED) is 0.879. The predicted molar refractivity (Wildman–Crippen MR) is 73.7 cm³/mol. The molecular formula is C16H23NO. The number of fused-ring (bicyclic) bond motifs is 1. The molecule has 18 heavy (non-hydrogen) atoms. The Bertz CT molecular complexity index is 384. The van der Waals surface area contributed by atoms with Crippen LogP contribution in [0.1, 0.15) is 49.3 Å². The summed E-state index contributed by atoms with van der Waals surface area (Å²) < 4.78 is 5.77. The minimum atomic E-state index is 0.503. The third-order valence-corrected chi connectivity index (χ3v) is 4.26. The molecule has 0 radical (unpaired) electrons. The number of benzene rings is 1. The molecule has 1 fully saturated rings. The fourth-order valence-electron chi connectivity index (χ4n) is 3.22. The van der Waals surface area contributed by atoms with E-state index in [1.54, 1.807) is 0 Å². The third-order valence-electron chi connectivity index (χ3n) is 4.26. The van der Waals surface area contributed by atoms with Gasteiger partial charge < -0.3 is 10.1 Å². The first kappa shape index (κ1) is 12.2. The van der Waals surface area contributed by atoms with Crippen molar-refractivity contribution in [2.24, 2.45) is 0 Å². The summed E-state index contributed by atoms with van der Waals surface area (Å²) >= 11 is 0. The minimum Gasteiger partial charge on any atom is -0.378 e. The molecule has 1 aromatic carbocycles. The molecule has 2 heteroatoms. The zero-order chi connectivity index (χ0) is 12.2. The van der Waals surface area contributed by atoms with Crippen LogP contribution < -0.4 is 5.32 Å². The van der Waals surface area contributed by atoms with Crippen LogP contribution in [-0.2, 0) is 11.2 Å². The predicted octanol–water partition coefficient (Wildman–Crippen LogP) is 3.22.